The van der Waals surface area contributed by atoms with Crippen molar-refractivity contribution in [3.05, 3.63) is 35.9 Å². The van der Waals surface area contributed by atoms with Gasteiger partial charge in [0.1, 0.15) is 12.7 Å². The van der Waals surface area contributed by atoms with Gasteiger partial charge in [0.05, 0.1) is 16.8 Å². The maximum Gasteiger partial charge on any atom is 0.419 e. The zero-order chi connectivity index (χ0) is 13.3. The highest BCUT2D eigenvalue weighted by Gasteiger charge is 2.37. The maximum absolute atomic E-state index is 13.0. The Morgan fingerprint density at radius 2 is 1.83 bits per heavy atom. The molecule has 0 aliphatic carbocycles. The molecular formula is C10H7F3N4O. The summed E-state index contributed by atoms with van der Waals surface area (Å²) in [5, 5.41) is 6.85. The van der Waals surface area contributed by atoms with E-state index in [9.17, 15) is 18.0 Å². The molecule has 0 spiro atoms. The number of anilines is 1. The van der Waals surface area contributed by atoms with Crippen LogP contribution in [0.5, 0.6) is 0 Å². The van der Waals surface area contributed by atoms with Crippen LogP contribution in [0.2, 0.25) is 0 Å². The third-order valence-corrected chi connectivity index (χ3v) is 2.36. The Bertz CT molecular complexity index is 578. The molecule has 5 nitrogen and oxygen atoms in total. The second-order valence-corrected chi connectivity index (χ2v) is 3.45. The Morgan fingerprint density at radius 1 is 1.22 bits per heavy atom. The number of nitrogen functional groups attached to an aromatic ring is 1. The molecule has 1 aromatic heterocycles. The second-order valence-electron chi connectivity index (χ2n) is 3.45. The van der Waals surface area contributed by atoms with Gasteiger partial charge < -0.3 is 5.73 Å². The summed E-state index contributed by atoms with van der Waals surface area (Å²) in [7, 11) is 0. The van der Waals surface area contributed by atoms with Gasteiger partial charge in [-0.2, -0.15) is 13.2 Å². The van der Waals surface area contributed by atoms with Crippen molar-refractivity contribution in [3.8, 4) is 5.69 Å². The van der Waals surface area contributed by atoms with E-state index in [-0.39, 0.29) is 17.7 Å². The van der Waals surface area contributed by atoms with Gasteiger partial charge in [-0.1, -0.05) is 0 Å². The van der Waals surface area contributed by atoms with E-state index in [0.717, 1.165) is 23.3 Å². The molecule has 0 atom stereocenters. The summed E-state index contributed by atoms with van der Waals surface area (Å²) in [5.74, 6) is 0. The van der Waals surface area contributed by atoms with Crippen molar-refractivity contribution >= 4 is 12.0 Å². The number of nitrogens with two attached hydrogens (primary N) is 1. The van der Waals surface area contributed by atoms with Crippen LogP contribution >= 0.6 is 0 Å². The number of rotatable bonds is 2. The zero-order valence-corrected chi connectivity index (χ0v) is 8.85. The first-order valence-electron chi connectivity index (χ1n) is 4.75. The second kappa shape index (κ2) is 4.13. The van der Waals surface area contributed by atoms with Crippen LogP contribution in [0.25, 0.3) is 5.69 Å². The van der Waals surface area contributed by atoms with Crippen LogP contribution in [-0.4, -0.2) is 21.1 Å². The van der Waals surface area contributed by atoms with Crippen LogP contribution in [0.15, 0.2) is 24.8 Å². The van der Waals surface area contributed by atoms with Crippen molar-refractivity contribution < 1.29 is 18.0 Å². The molecule has 0 unspecified atom stereocenters. The molecule has 0 fully saturated rings. The van der Waals surface area contributed by atoms with Gasteiger partial charge in [0, 0.05) is 5.69 Å². The molecule has 0 aliphatic heterocycles. The number of nitrogens with zero attached hydrogens (tertiary/aromatic N) is 3. The standard InChI is InChI=1S/C10H7F3N4O/c11-10(12,13)9-6(3-18)7(14)1-2-8(9)17-4-15-16-5-17/h1-5H,14H2. The summed E-state index contributed by atoms with van der Waals surface area (Å²) in [5.41, 5.74) is 3.22. The molecule has 0 saturated carbocycles. The first-order chi connectivity index (χ1) is 8.45. The molecule has 1 heterocycles. The highest BCUT2D eigenvalue weighted by molar-refractivity contribution is 5.87. The molecule has 0 radical (unpaired) electrons. The molecule has 8 heteroatoms. The Kier molecular flexibility index (Phi) is 2.77. The molecule has 0 aliphatic rings. The minimum absolute atomic E-state index is 0.0893. The monoisotopic (exact) mass is 256 g/mol. The number of benzene rings is 1. The van der Waals surface area contributed by atoms with Crippen molar-refractivity contribution in [2.45, 2.75) is 6.18 Å². The average Bonchev–Trinajstić information content (AvgIpc) is 2.80. The number of alkyl halides is 3. The number of aldehydes is 1. The van der Waals surface area contributed by atoms with E-state index in [1.54, 1.807) is 0 Å². The highest BCUT2D eigenvalue weighted by atomic mass is 19.4. The molecular weight excluding hydrogens is 249 g/mol. The first kappa shape index (κ1) is 12.1. The Labute approximate surface area is 99.0 Å². The third-order valence-electron chi connectivity index (χ3n) is 2.36. The fourth-order valence-corrected chi connectivity index (χ4v) is 1.59. The zero-order valence-electron chi connectivity index (χ0n) is 8.85. The van der Waals surface area contributed by atoms with Gasteiger partial charge in [-0.25, -0.2) is 0 Å². The number of aromatic nitrogens is 3. The Hall–Kier alpha value is -2.38. The van der Waals surface area contributed by atoms with Crippen LogP contribution in [0.1, 0.15) is 15.9 Å². The van der Waals surface area contributed by atoms with E-state index >= 15 is 0 Å². The number of hydrogen-bond acceptors (Lipinski definition) is 4. The van der Waals surface area contributed by atoms with Crippen LogP contribution in [-0.2, 0) is 6.18 Å². The minimum Gasteiger partial charge on any atom is -0.398 e. The molecule has 2 N–H and O–H groups in total. The van der Waals surface area contributed by atoms with Gasteiger partial charge in [0.2, 0.25) is 0 Å². The topological polar surface area (TPSA) is 73.8 Å². The molecule has 1 aromatic carbocycles. The molecule has 94 valence electrons. The quantitative estimate of drug-likeness (QED) is 0.655. The summed E-state index contributed by atoms with van der Waals surface area (Å²) in [4.78, 5) is 10.8. The fraction of sp³-hybridized carbons (Fsp3) is 0.100. The molecule has 0 amide bonds. The number of halogens is 3. The average molecular weight is 256 g/mol. The smallest absolute Gasteiger partial charge is 0.398 e. The lowest BCUT2D eigenvalue weighted by molar-refractivity contribution is -0.137. The largest absolute Gasteiger partial charge is 0.419 e. The molecule has 2 rings (SSSR count). The van der Waals surface area contributed by atoms with E-state index in [4.69, 9.17) is 5.73 Å². The fourth-order valence-electron chi connectivity index (χ4n) is 1.59. The summed E-state index contributed by atoms with van der Waals surface area (Å²) >= 11 is 0. The van der Waals surface area contributed by atoms with Crippen LogP contribution in [0.4, 0.5) is 18.9 Å². The lowest BCUT2D eigenvalue weighted by Crippen LogP contribution is -2.15. The normalized spacial score (nSPS) is 11.5. The Morgan fingerprint density at radius 3 is 2.33 bits per heavy atom. The summed E-state index contributed by atoms with van der Waals surface area (Å²) < 4.78 is 40.1. The SMILES string of the molecule is Nc1ccc(-n2cnnc2)c(C(F)(F)F)c1C=O. The predicted octanol–water partition coefficient (Wildman–Crippen LogP) is 1.68. The first-order valence-corrected chi connectivity index (χ1v) is 4.75. The number of hydrogen-bond donors (Lipinski definition) is 1. The predicted molar refractivity (Wildman–Crippen MR) is 56.2 cm³/mol. The minimum atomic E-state index is -4.70. The number of carbonyl (C=O) groups excluding carboxylic acids is 1. The van der Waals surface area contributed by atoms with E-state index in [1.807, 2.05) is 0 Å². The molecule has 0 bridgehead atoms. The van der Waals surface area contributed by atoms with Crippen molar-refractivity contribution in [3.63, 3.8) is 0 Å². The highest BCUT2D eigenvalue weighted by Crippen LogP contribution is 2.37. The summed E-state index contributed by atoms with van der Waals surface area (Å²) in [6.45, 7) is 0. The van der Waals surface area contributed by atoms with Crippen LogP contribution < -0.4 is 5.73 Å². The lowest BCUT2D eigenvalue weighted by Gasteiger charge is -2.16. The van der Waals surface area contributed by atoms with Crippen LogP contribution in [0, 0.1) is 0 Å². The third kappa shape index (κ3) is 1.92. The van der Waals surface area contributed by atoms with Gasteiger partial charge in [0.15, 0.2) is 6.29 Å². The maximum atomic E-state index is 13.0. The van der Waals surface area contributed by atoms with E-state index in [1.165, 1.54) is 6.07 Å². The van der Waals surface area contributed by atoms with Gasteiger partial charge >= 0.3 is 6.18 Å². The summed E-state index contributed by atoms with van der Waals surface area (Å²) in [6.07, 6.45) is -2.40. The molecule has 18 heavy (non-hydrogen) atoms. The van der Waals surface area contributed by atoms with Gasteiger partial charge in [-0.3, -0.25) is 9.36 Å². The van der Waals surface area contributed by atoms with E-state index < -0.39 is 17.3 Å². The van der Waals surface area contributed by atoms with Gasteiger partial charge in [-0.15, -0.1) is 10.2 Å². The Balaban J connectivity index is 2.79. The van der Waals surface area contributed by atoms with Crippen molar-refractivity contribution in [2.24, 2.45) is 0 Å². The van der Waals surface area contributed by atoms with Crippen molar-refractivity contribution in [2.75, 3.05) is 5.73 Å². The van der Waals surface area contributed by atoms with Gasteiger partial charge in [-0.05, 0) is 12.1 Å². The lowest BCUT2D eigenvalue weighted by atomic mass is 10.0. The number of carbonyl (C=O) groups is 1. The molecule has 2 aromatic rings. The van der Waals surface area contributed by atoms with Crippen LogP contribution in [0.3, 0.4) is 0 Å². The van der Waals surface area contributed by atoms with E-state index in [2.05, 4.69) is 10.2 Å². The van der Waals surface area contributed by atoms with E-state index in [0.29, 0.717) is 0 Å². The van der Waals surface area contributed by atoms with Crippen molar-refractivity contribution in [1.29, 1.82) is 0 Å². The summed E-state index contributed by atoms with van der Waals surface area (Å²) in [6, 6.07) is 2.39. The molecule has 0 saturated heterocycles. The van der Waals surface area contributed by atoms with Crippen molar-refractivity contribution in [1.82, 2.24) is 14.8 Å². The van der Waals surface area contributed by atoms with Gasteiger partial charge in [0.25, 0.3) is 0 Å².